The molecule has 2 saturated heterocycles. The summed E-state index contributed by atoms with van der Waals surface area (Å²) in [5.41, 5.74) is 5.77. The van der Waals surface area contributed by atoms with E-state index in [-0.39, 0.29) is 49.3 Å². The van der Waals surface area contributed by atoms with Gasteiger partial charge in [-0.2, -0.15) is 4.31 Å². The third-order valence-corrected chi connectivity index (χ3v) is 14.2. The molecule has 2 amide bonds. The normalized spacial score (nSPS) is 18.7. The second-order valence-electron chi connectivity index (χ2n) is 18.5. The number of hydrogen-bond acceptors (Lipinski definition) is 14. The molecule has 2 aromatic carbocycles. The van der Waals surface area contributed by atoms with E-state index >= 15 is 0 Å². The van der Waals surface area contributed by atoms with Crippen LogP contribution in [0.4, 0.5) is 14.4 Å². The van der Waals surface area contributed by atoms with Crippen molar-refractivity contribution < 1.29 is 61.1 Å². The van der Waals surface area contributed by atoms with E-state index in [4.69, 9.17) is 29.4 Å². The third kappa shape index (κ3) is 19.0. The standard InChI is InChI=1S/C33H47N3O9S.C12H25NO2.C2H3ClO2/c1-33(2,13-6-7-14-34)22-36(46(39,40)24-10-11-28-29(19-24)42-17-16-41-28)20-27(37)26(18-23-8-4-3-5-9-23)35-32(38)45-30-21-44-31-25(30)12-15-43-31;1-10(2)12(3,4)8-6-7-9-13-11(14)15-5;1-5-2(3)4/h3-5,8-11,19,25-27,30-31,37H,6-7,12-18,20-22,34H2,1-2H3,(H,35,38);10H,6-9H2,1-5H3,(H,13,14);1H3/t25?,26-,27?,30?,31?;;/m0../s1. The minimum atomic E-state index is -4.12. The van der Waals surface area contributed by atoms with Gasteiger partial charge in [0.25, 0.3) is 0 Å². The van der Waals surface area contributed by atoms with Crippen LogP contribution in [0.3, 0.4) is 0 Å². The van der Waals surface area contributed by atoms with Crippen LogP contribution in [-0.4, -0.2) is 127 Å². The molecule has 19 heteroatoms. The Bertz CT molecular complexity index is 1890. The summed E-state index contributed by atoms with van der Waals surface area (Å²) in [4.78, 5) is 33.3. The van der Waals surface area contributed by atoms with Crippen LogP contribution in [0.25, 0.3) is 0 Å². The highest BCUT2D eigenvalue weighted by Gasteiger charge is 2.44. The smallest absolute Gasteiger partial charge is 0.407 e. The van der Waals surface area contributed by atoms with Gasteiger partial charge in [-0.25, -0.2) is 22.8 Å². The first-order chi connectivity index (χ1) is 31.2. The van der Waals surface area contributed by atoms with Crippen LogP contribution in [0.5, 0.6) is 11.5 Å². The van der Waals surface area contributed by atoms with Crippen LogP contribution in [-0.2, 0) is 40.1 Å². The number of sulfonamides is 1. The van der Waals surface area contributed by atoms with Gasteiger partial charge in [0.05, 0.1) is 50.4 Å². The lowest BCUT2D eigenvalue weighted by Crippen LogP contribution is -2.52. The van der Waals surface area contributed by atoms with E-state index in [0.29, 0.717) is 55.7 Å². The molecule has 0 saturated carbocycles. The number of nitrogens with one attached hydrogen (secondary N) is 2. The van der Waals surface area contributed by atoms with E-state index in [0.717, 1.165) is 44.1 Å². The zero-order valence-electron chi connectivity index (χ0n) is 40.1. The Kier molecular flexibility index (Phi) is 23.8. The number of fused-ring (bicyclic) bond motifs is 2. The maximum absolute atomic E-state index is 14.3. The highest BCUT2D eigenvalue weighted by molar-refractivity contribution is 7.89. The van der Waals surface area contributed by atoms with Crippen LogP contribution in [0.2, 0.25) is 0 Å². The lowest BCUT2D eigenvalue weighted by Gasteiger charge is -2.35. The molecule has 374 valence electrons. The van der Waals surface area contributed by atoms with Gasteiger partial charge in [-0.3, -0.25) is 0 Å². The number of benzene rings is 2. The van der Waals surface area contributed by atoms with Crippen LogP contribution < -0.4 is 25.8 Å². The van der Waals surface area contributed by atoms with Crippen LogP contribution in [0, 0.1) is 22.7 Å². The van der Waals surface area contributed by atoms with Crippen molar-refractivity contribution in [3.8, 4) is 11.5 Å². The highest BCUT2D eigenvalue weighted by atomic mass is 35.5. The summed E-state index contributed by atoms with van der Waals surface area (Å²) >= 11 is 4.60. The number of methoxy groups -OCH3 is 2. The first kappa shape index (κ1) is 56.4. The lowest BCUT2D eigenvalue weighted by atomic mass is 9.77. The summed E-state index contributed by atoms with van der Waals surface area (Å²) in [7, 11) is -1.51. The number of unbranched alkanes of at least 4 members (excludes halogenated alkanes) is 2. The summed E-state index contributed by atoms with van der Waals surface area (Å²) in [5, 5.41) is 17.3. The Hall–Kier alpha value is -3.91. The number of alkyl carbamates (subject to hydrolysis) is 2. The van der Waals surface area contributed by atoms with Crippen molar-refractivity contribution in [2.75, 3.05) is 66.8 Å². The van der Waals surface area contributed by atoms with Gasteiger partial charge in [-0.15, -0.1) is 0 Å². The molecule has 17 nitrogen and oxygen atoms in total. The van der Waals surface area contributed by atoms with Crippen molar-refractivity contribution >= 4 is 39.2 Å². The number of amides is 2. The molecule has 3 aliphatic heterocycles. The molecule has 5 atom stereocenters. The molecule has 0 aliphatic carbocycles. The molecule has 4 unspecified atom stereocenters. The van der Waals surface area contributed by atoms with Gasteiger partial charge >= 0.3 is 17.6 Å². The number of aliphatic hydroxyl groups is 1. The highest BCUT2D eigenvalue weighted by Crippen LogP contribution is 2.36. The van der Waals surface area contributed by atoms with E-state index < -0.39 is 45.2 Å². The number of halogens is 1. The number of rotatable bonds is 21. The van der Waals surface area contributed by atoms with Crippen molar-refractivity contribution in [3.05, 3.63) is 54.1 Å². The lowest BCUT2D eigenvalue weighted by molar-refractivity contribution is -0.0907. The number of carbonyl (C=O) groups excluding carboxylic acids is 3. The first-order valence-electron chi connectivity index (χ1n) is 22.8. The van der Waals surface area contributed by atoms with Gasteiger partial charge in [0.2, 0.25) is 10.0 Å². The molecule has 3 heterocycles. The fraction of sp³-hybridized carbons (Fsp3) is 0.681. The fourth-order valence-electron chi connectivity index (χ4n) is 7.50. The van der Waals surface area contributed by atoms with Gasteiger partial charge < -0.3 is 54.6 Å². The summed E-state index contributed by atoms with van der Waals surface area (Å²) in [5.74, 6) is 1.49. The van der Waals surface area contributed by atoms with Crippen molar-refractivity contribution in [3.63, 3.8) is 0 Å². The maximum atomic E-state index is 14.3. The summed E-state index contributed by atoms with van der Waals surface area (Å²) in [6.07, 6.45) is 3.59. The molecule has 0 spiro atoms. The average molecular weight is 972 g/mol. The quantitative estimate of drug-likeness (QED) is 0.0550. The monoisotopic (exact) mass is 970 g/mol. The van der Waals surface area contributed by atoms with Gasteiger partial charge in [0.15, 0.2) is 17.8 Å². The molecule has 2 aromatic rings. The van der Waals surface area contributed by atoms with Crippen molar-refractivity contribution in [2.24, 2.45) is 28.4 Å². The number of nitrogens with zero attached hydrogens (tertiary/aromatic N) is 1. The number of hydrogen-bond donors (Lipinski definition) is 4. The molecule has 0 aromatic heterocycles. The fourth-order valence-corrected chi connectivity index (χ4v) is 9.16. The maximum Gasteiger partial charge on any atom is 0.407 e. The zero-order chi connectivity index (χ0) is 48.9. The Balaban J connectivity index is 0.000000483. The molecular weight excluding hydrogens is 896 g/mol. The summed E-state index contributed by atoms with van der Waals surface area (Å²) < 4.78 is 66.4. The van der Waals surface area contributed by atoms with Crippen molar-refractivity contribution in [2.45, 2.75) is 122 Å². The van der Waals surface area contributed by atoms with E-state index in [1.54, 1.807) is 6.07 Å². The Morgan fingerprint density at radius 1 is 0.909 bits per heavy atom. The van der Waals surface area contributed by atoms with Gasteiger partial charge in [0.1, 0.15) is 19.3 Å². The SMILES string of the molecule is CC(C)(CCCCN)CN(CC(O)[C@H](Cc1ccccc1)NC(=O)OC1COC2OCCC12)S(=O)(=O)c1ccc2c(c1)OCCO2.COC(=O)Cl.COC(=O)NCCCCC(C)(C)C(C)C. The Morgan fingerprint density at radius 2 is 1.58 bits per heavy atom. The number of carbonyl (C=O) groups is 3. The molecule has 5 N–H and O–H groups in total. The van der Waals surface area contributed by atoms with Crippen LogP contribution in [0.1, 0.15) is 92.1 Å². The largest absolute Gasteiger partial charge is 0.486 e. The van der Waals surface area contributed by atoms with E-state index in [9.17, 15) is 27.9 Å². The first-order valence-corrected chi connectivity index (χ1v) is 24.6. The van der Waals surface area contributed by atoms with Crippen LogP contribution >= 0.6 is 11.6 Å². The van der Waals surface area contributed by atoms with Gasteiger partial charge in [0, 0.05) is 37.3 Å². The number of ether oxygens (including phenoxy) is 7. The average Bonchev–Trinajstić information content (AvgIpc) is 3.91. The van der Waals surface area contributed by atoms with E-state index in [1.165, 1.54) is 37.1 Å². The summed E-state index contributed by atoms with van der Waals surface area (Å²) in [6, 6.07) is 13.1. The zero-order valence-corrected chi connectivity index (χ0v) is 41.6. The molecule has 3 aliphatic rings. The van der Waals surface area contributed by atoms with E-state index in [2.05, 4.69) is 59.4 Å². The topological polar surface area (TPSA) is 224 Å². The number of aliphatic hydroxyl groups excluding tert-OH is 1. The Morgan fingerprint density at radius 3 is 2.21 bits per heavy atom. The van der Waals surface area contributed by atoms with Crippen molar-refractivity contribution in [1.82, 2.24) is 14.9 Å². The van der Waals surface area contributed by atoms with E-state index in [1.807, 2.05) is 44.2 Å². The van der Waals surface area contributed by atoms with Gasteiger partial charge in [-0.05, 0) is 79.5 Å². The number of nitrogens with two attached hydrogens (primary N) is 1. The predicted molar refractivity (Wildman–Crippen MR) is 251 cm³/mol. The molecule has 5 rings (SSSR count). The van der Waals surface area contributed by atoms with Gasteiger partial charge in [-0.1, -0.05) is 84.7 Å². The second kappa shape index (κ2) is 27.8. The van der Waals surface area contributed by atoms with Crippen LogP contribution in [0.15, 0.2) is 53.4 Å². The summed E-state index contributed by atoms with van der Waals surface area (Å²) in [6.45, 7) is 15.7. The molecule has 0 radical (unpaired) electrons. The molecule has 0 bridgehead atoms. The second-order valence-corrected chi connectivity index (χ2v) is 20.7. The predicted octanol–water partition coefficient (Wildman–Crippen LogP) is 7.25. The molecular formula is C47H75ClN4O13S. The molecule has 2 fully saturated rings. The minimum absolute atomic E-state index is 0.0308. The van der Waals surface area contributed by atoms with Crippen molar-refractivity contribution in [1.29, 1.82) is 0 Å². The third-order valence-electron chi connectivity index (χ3n) is 12.2. The molecule has 66 heavy (non-hydrogen) atoms. The minimum Gasteiger partial charge on any atom is -0.486 e. The Labute approximate surface area is 397 Å².